The number of carbonyl (C=O) groups excluding carboxylic acids is 1. The number of aromatic nitrogens is 1. The third kappa shape index (κ3) is 2.52. The fraction of sp³-hybridized carbons (Fsp3) is 0.143. The summed E-state index contributed by atoms with van der Waals surface area (Å²) in [6.07, 6.45) is 1.56. The molecule has 0 saturated carbocycles. The van der Waals surface area contributed by atoms with Crippen molar-refractivity contribution in [2.75, 3.05) is 17.3 Å². The second-order valence-corrected chi connectivity index (χ2v) is 5.73. The molecular formula is C14H11BrN4O3. The number of pyridine rings is 1. The number of fused-ring (bicyclic) bond motifs is 1. The lowest BCUT2D eigenvalue weighted by molar-refractivity contribution is -0.385. The lowest BCUT2D eigenvalue weighted by Crippen LogP contribution is -2.20. The number of hydrogen-bond donors (Lipinski definition) is 1. The summed E-state index contributed by atoms with van der Waals surface area (Å²) in [4.78, 5) is 27.5. The fourth-order valence-electron chi connectivity index (χ4n) is 2.30. The summed E-state index contributed by atoms with van der Waals surface area (Å²) in [6, 6.07) is 6.97. The molecule has 1 N–H and O–H groups in total. The van der Waals surface area contributed by atoms with E-state index in [9.17, 15) is 14.9 Å². The number of nitrogens with zero attached hydrogens (tertiary/aromatic N) is 3. The van der Waals surface area contributed by atoms with Crippen LogP contribution >= 0.6 is 15.9 Å². The molecule has 22 heavy (non-hydrogen) atoms. The monoisotopic (exact) mass is 362 g/mol. The molecule has 1 aromatic carbocycles. The fourth-order valence-corrected chi connectivity index (χ4v) is 2.74. The first kappa shape index (κ1) is 14.5. The van der Waals surface area contributed by atoms with Gasteiger partial charge in [0.05, 0.1) is 15.8 Å². The van der Waals surface area contributed by atoms with Crippen LogP contribution in [0.25, 0.3) is 0 Å². The molecule has 0 saturated heterocycles. The Balaban J connectivity index is 1.87. The first-order valence-electron chi connectivity index (χ1n) is 6.42. The molecule has 0 atom stereocenters. The van der Waals surface area contributed by atoms with Crippen LogP contribution in [0.4, 0.5) is 22.9 Å². The first-order chi connectivity index (χ1) is 10.5. The Morgan fingerprint density at radius 2 is 2.18 bits per heavy atom. The normalized spacial score (nSPS) is 13.2. The van der Waals surface area contributed by atoms with Crippen molar-refractivity contribution in [3.05, 3.63) is 50.6 Å². The standard InChI is InChI=1S/C14H11BrN4O3/c1-18-12-3-2-9(4-8(12)5-13(18)20)17-14-11(15)6-10(7-16-14)19(21)22/h2-4,6-7H,5H2,1H3,(H,16,17). The van der Waals surface area contributed by atoms with E-state index in [2.05, 4.69) is 26.2 Å². The molecule has 112 valence electrons. The smallest absolute Gasteiger partial charge is 0.288 e. The molecule has 0 radical (unpaired) electrons. The van der Waals surface area contributed by atoms with Gasteiger partial charge >= 0.3 is 0 Å². The van der Waals surface area contributed by atoms with Crippen LogP contribution in [0.3, 0.4) is 0 Å². The van der Waals surface area contributed by atoms with Gasteiger partial charge in [-0.25, -0.2) is 4.98 Å². The number of rotatable bonds is 3. The minimum atomic E-state index is -0.502. The van der Waals surface area contributed by atoms with Crippen molar-refractivity contribution in [2.24, 2.45) is 0 Å². The van der Waals surface area contributed by atoms with E-state index >= 15 is 0 Å². The van der Waals surface area contributed by atoms with Gasteiger partial charge in [0.25, 0.3) is 5.69 Å². The first-order valence-corrected chi connectivity index (χ1v) is 7.21. The highest BCUT2D eigenvalue weighted by Gasteiger charge is 2.24. The van der Waals surface area contributed by atoms with Gasteiger partial charge in [0.15, 0.2) is 0 Å². The molecule has 1 aliphatic heterocycles. The van der Waals surface area contributed by atoms with Gasteiger partial charge in [0, 0.05) is 24.5 Å². The molecule has 0 aliphatic carbocycles. The van der Waals surface area contributed by atoms with E-state index in [0.717, 1.165) is 16.9 Å². The predicted molar refractivity (Wildman–Crippen MR) is 85.4 cm³/mol. The van der Waals surface area contributed by atoms with Gasteiger partial charge < -0.3 is 10.2 Å². The van der Waals surface area contributed by atoms with E-state index in [1.54, 1.807) is 11.9 Å². The molecule has 0 spiro atoms. The van der Waals surface area contributed by atoms with E-state index in [1.807, 2.05) is 18.2 Å². The number of likely N-dealkylation sites (N-methyl/N-ethyl adjacent to an activating group) is 1. The summed E-state index contributed by atoms with van der Waals surface area (Å²) in [5.74, 6) is 0.532. The molecule has 2 aromatic rings. The number of nitrogens with one attached hydrogen (secondary N) is 1. The average Bonchev–Trinajstić information content (AvgIpc) is 2.75. The number of carbonyl (C=O) groups is 1. The van der Waals surface area contributed by atoms with Gasteiger partial charge in [-0.1, -0.05) is 0 Å². The van der Waals surface area contributed by atoms with Crippen LogP contribution in [0.5, 0.6) is 0 Å². The Morgan fingerprint density at radius 3 is 2.86 bits per heavy atom. The van der Waals surface area contributed by atoms with E-state index in [0.29, 0.717) is 16.7 Å². The molecule has 1 aromatic heterocycles. The third-order valence-electron chi connectivity index (χ3n) is 3.46. The SMILES string of the molecule is CN1C(=O)Cc2cc(Nc3ncc([N+](=O)[O-])cc3Br)ccc21. The number of amides is 1. The number of nitro groups is 1. The molecule has 0 unspecified atom stereocenters. The Kier molecular flexibility index (Phi) is 3.53. The molecule has 7 nitrogen and oxygen atoms in total. The lowest BCUT2D eigenvalue weighted by Gasteiger charge is -2.12. The van der Waals surface area contributed by atoms with Crippen molar-refractivity contribution in [1.82, 2.24) is 4.98 Å². The van der Waals surface area contributed by atoms with Crippen LogP contribution in [0.15, 0.2) is 34.9 Å². The second kappa shape index (κ2) is 5.38. The van der Waals surface area contributed by atoms with Gasteiger partial charge in [-0.15, -0.1) is 0 Å². The van der Waals surface area contributed by atoms with Crippen molar-refractivity contribution < 1.29 is 9.72 Å². The van der Waals surface area contributed by atoms with Gasteiger partial charge in [0.1, 0.15) is 12.0 Å². The molecule has 2 heterocycles. The highest BCUT2D eigenvalue weighted by molar-refractivity contribution is 9.10. The van der Waals surface area contributed by atoms with Crippen molar-refractivity contribution in [2.45, 2.75) is 6.42 Å². The van der Waals surface area contributed by atoms with Gasteiger partial charge in [-0.2, -0.15) is 0 Å². The maximum Gasteiger partial charge on any atom is 0.288 e. The van der Waals surface area contributed by atoms with Crippen LogP contribution in [-0.2, 0) is 11.2 Å². The highest BCUT2D eigenvalue weighted by atomic mass is 79.9. The maximum atomic E-state index is 11.7. The van der Waals surface area contributed by atoms with Crippen molar-refractivity contribution in [1.29, 1.82) is 0 Å². The zero-order chi connectivity index (χ0) is 15.9. The van der Waals surface area contributed by atoms with E-state index < -0.39 is 4.92 Å². The van der Waals surface area contributed by atoms with Crippen LogP contribution in [0.1, 0.15) is 5.56 Å². The van der Waals surface area contributed by atoms with Crippen molar-refractivity contribution >= 4 is 44.7 Å². The second-order valence-electron chi connectivity index (χ2n) is 4.88. The number of halogens is 1. The Bertz CT molecular complexity index is 794. The van der Waals surface area contributed by atoms with Crippen LogP contribution in [0.2, 0.25) is 0 Å². The molecule has 0 bridgehead atoms. The van der Waals surface area contributed by atoms with Crippen LogP contribution < -0.4 is 10.2 Å². The van der Waals surface area contributed by atoms with Crippen LogP contribution in [0, 0.1) is 10.1 Å². The summed E-state index contributed by atoms with van der Waals surface area (Å²) in [7, 11) is 1.75. The third-order valence-corrected chi connectivity index (χ3v) is 4.06. The van der Waals surface area contributed by atoms with Gasteiger partial charge in [-0.3, -0.25) is 14.9 Å². The van der Waals surface area contributed by atoms with Crippen molar-refractivity contribution in [3.63, 3.8) is 0 Å². The summed E-state index contributed by atoms with van der Waals surface area (Å²) in [6.45, 7) is 0. The average molecular weight is 363 g/mol. The molecular weight excluding hydrogens is 352 g/mol. The number of hydrogen-bond acceptors (Lipinski definition) is 5. The minimum absolute atomic E-state index is 0.0572. The summed E-state index contributed by atoms with van der Waals surface area (Å²) < 4.78 is 0.496. The molecule has 3 rings (SSSR count). The predicted octanol–water partition coefficient (Wildman–Crippen LogP) is 3.01. The molecule has 8 heteroatoms. The van der Waals surface area contributed by atoms with Gasteiger partial charge in [-0.05, 0) is 39.7 Å². The van der Waals surface area contributed by atoms with Gasteiger partial charge in [0.2, 0.25) is 5.91 Å². The molecule has 1 amide bonds. The molecule has 1 aliphatic rings. The highest BCUT2D eigenvalue weighted by Crippen LogP contribution is 2.32. The quantitative estimate of drug-likeness (QED) is 0.669. The summed E-state index contributed by atoms with van der Waals surface area (Å²) in [5, 5.41) is 13.8. The Morgan fingerprint density at radius 1 is 1.41 bits per heavy atom. The lowest BCUT2D eigenvalue weighted by atomic mass is 10.1. The number of benzene rings is 1. The molecule has 0 fully saturated rings. The minimum Gasteiger partial charge on any atom is -0.339 e. The topological polar surface area (TPSA) is 88.4 Å². The Labute approximate surface area is 134 Å². The zero-order valence-corrected chi connectivity index (χ0v) is 13.1. The van der Waals surface area contributed by atoms with E-state index in [1.165, 1.54) is 12.3 Å². The van der Waals surface area contributed by atoms with Crippen LogP contribution in [-0.4, -0.2) is 22.9 Å². The largest absolute Gasteiger partial charge is 0.339 e. The maximum absolute atomic E-state index is 11.7. The summed E-state index contributed by atoms with van der Waals surface area (Å²) in [5.41, 5.74) is 2.52. The zero-order valence-electron chi connectivity index (χ0n) is 11.5. The van der Waals surface area contributed by atoms with E-state index in [4.69, 9.17) is 0 Å². The Hall–Kier alpha value is -2.48. The number of anilines is 3. The summed E-state index contributed by atoms with van der Waals surface area (Å²) >= 11 is 3.26. The van der Waals surface area contributed by atoms with E-state index in [-0.39, 0.29) is 11.6 Å². The van der Waals surface area contributed by atoms with Crippen molar-refractivity contribution in [3.8, 4) is 0 Å².